The molecule has 4 rings (SSSR count). The molecule has 0 bridgehead atoms. The van der Waals surface area contributed by atoms with Gasteiger partial charge in [-0.15, -0.1) is 5.11 Å². The molecule has 9 heteroatoms. The third-order valence-electron chi connectivity index (χ3n) is 4.58. The third kappa shape index (κ3) is 4.30. The molecule has 0 radical (unpaired) electrons. The van der Waals surface area contributed by atoms with Crippen LogP contribution in [0.4, 0.5) is 32.0 Å². The van der Waals surface area contributed by atoms with E-state index in [1.165, 1.54) is 4.68 Å². The van der Waals surface area contributed by atoms with Crippen LogP contribution in [0.2, 0.25) is 0 Å². The lowest BCUT2D eigenvalue weighted by atomic mass is 10.1. The van der Waals surface area contributed by atoms with Crippen molar-refractivity contribution in [3.8, 4) is 11.3 Å². The van der Waals surface area contributed by atoms with E-state index in [-0.39, 0.29) is 6.07 Å². The van der Waals surface area contributed by atoms with Crippen molar-refractivity contribution in [2.45, 2.75) is 12.4 Å². The van der Waals surface area contributed by atoms with Crippen LogP contribution < -0.4 is 0 Å². The van der Waals surface area contributed by atoms with E-state index in [1.54, 1.807) is 30.3 Å². The maximum Gasteiger partial charge on any atom is 0.416 e. The molecule has 0 unspecified atom stereocenters. The minimum absolute atomic E-state index is 0.0550. The van der Waals surface area contributed by atoms with Gasteiger partial charge in [0.25, 0.3) is 0 Å². The molecule has 3 nitrogen and oxygen atoms in total. The van der Waals surface area contributed by atoms with E-state index in [1.807, 2.05) is 30.3 Å². The highest BCUT2D eigenvalue weighted by Gasteiger charge is 2.37. The highest BCUT2D eigenvalue weighted by molar-refractivity contribution is 5.86. The summed E-state index contributed by atoms with van der Waals surface area (Å²) in [6.07, 6.45) is -9.91. The molecule has 1 aromatic heterocycles. The average molecular weight is 433 g/mol. The van der Waals surface area contributed by atoms with Crippen LogP contribution in [0.15, 0.2) is 89.2 Å². The number of hydrogen-bond donors (Lipinski definition) is 0. The molecule has 0 amide bonds. The smallest absolute Gasteiger partial charge is 0.214 e. The Balaban J connectivity index is 1.86. The van der Waals surface area contributed by atoms with E-state index in [2.05, 4.69) is 10.3 Å². The number of hydrogen-bond acceptors (Lipinski definition) is 2. The van der Waals surface area contributed by atoms with Gasteiger partial charge in [-0.2, -0.15) is 26.3 Å². The number of nitrogens with zero attached hydrogens (tertiary/aromatic N) is 3. The number of para-hydroxylation sites is 1. The second-order valence-corrected chi connectivity index (χ2v) is 6.72. The van der Waals surface area contributed by atoms with E-state index in [9.17, 15) is 26.3 Å². The Morgan fingerprint density at radius 3 is 1.84 bits per heavy atom. The molecule has 4 aromatic rings. The Bertz CT molecular complexity index is 1220. The number of alkyl halides is 6. The lowest BCUT2D eigenvalue weighted by Crippen LogP contribution is -2.10. The summed E-state index contributed by atoms with van der Waals surface area (Å²) in [5.74, 6) is 0. The van der Waals surface area contributed by atoms with Crippen molar-refractivity contribution in [1.82, 2.24) is 4.68 Å². The van der Waals surface area contributed by atoms with Crippen LogP contribution in [0.5, 0.6) is 0 Å². The van der Waals surface area contributed by atoms with Gasteiger partial charge in [0.2, 0.25) is 0 Å². The molecule has 0 aliphatic rings. The highest BCUT2D eigenvalue weighted by Crippen LogP contribution is 2.38. The molecule has 158 valence electrons. The summed E-state index contributed by atoms with van der Waals surface area (Å²) in [4.78, 5) is 0. The first-order valence-electron chi connectivity index (χ1n) is 9.00. The minimum Gasteiger partial charge on any atom is -0.214 e. The number of aromatic nitrogens is 1. The summed E-state index contributed by atoms with van der Waals surface area (Å²) in [7, 11) is 0. The highest BCUT2D eigenvalue weighted by atomic mass is 19.4. The van der Waals surface area contributed by atoms with Crippen molar-refractivity contribution in [3.63, 3.8) is 0 Å². The fraction of sp³-hybridized carbons (Fsp3) is 0.0909. The van der Waals surface area contributed by atoms with Crippen LogP contribution >= 0.6 is 0 Å². The molecular weight excluding hydrogens is 420 g/mol. The van der Waals surface area contributed by atoms with Crippen molar-refractivity contribution in [3.05, 3.63) is 90.0 Å². The standard InChI is InChI=1S/C22H13F6N3/c23-21(24,25)16-11-17(22(26,27)28)13-18(12-16)29-30-31-19-9-5-4-8-15(19)10-20(31)14-6-2-1-3-7-14/h1-13H. The summed E-state index contributed by atoms with van der Waals surface area (Å²) in [5.41, 5.74) is -1.49. The maximum atomic E-state index is 13.1. The van der Waals surface area contributed by atoms with E-state index in [0.717, 1.165) is 10.9 Å². The van der Waals surface area contributed by atoms with Crippen molar-refractivity contribution in [2.24, 2.45) is 10.3 Å². The topological polar surface area (TPSA) is 29.6 Å². The molecule has 31 heavy (non-hydrogen) atoms. The first kappa shape index (κ1) is 20.6. The van der Waals surface area contributed by atoms with Crippen LogP contribution in [0.1, 0.15) is 11.1 Å². The molecule has 0 fully saturated rings. The third-order valence-corrected chi connectivity index (χ3v) is 4.58. The van der Waals surface area contributed by atoms with Crippen LogP contribution in [0.3, 0.4) is 0 Å². The first-order valence-corrected chi connectivity index (χ1v) is 9.00. The molecule has 0 saturated carbocycles. The van der Waals surface area contributed by atoms with Crippen molar-refractivity contribution < 1.29 is 26.3 Å². The Morgan fingerprint density at radius 1 is 0.645 bits per heavy atom. The van der Waals surface area contributed by atoms with Gasteiger partial charge in [-0.25, -0.2) is 4.68 Å². The lowest BCUT2D eigenvalue weighted by Gasteiger charge is -2.12. The van der Waals surface area contributed by atoms with Gasteiger partial charge < -0.3 is 0 Å². The van der Waals surface area contributed by atoms with Gasteiger partial charge >= 0.3 is 12.4 Å². The Labute approximate surface area is 172 Å². The zero-order valence-electron chi connectivity index (χ0n) is 15.6. The van der Waals surface area contributed by atoms with Crippen LogP contribution in [0.25, 0.3) is 22.2 Å². The summed E-state index contributed by atoms with van der Waals surface area (Å²) >= 11 is 0. The summed E-state index contributed by atoms with van der Waals surface area (Å²) in [6, 6.07) is 19.1. The normalized spacial score (nSPS) is 12.7. The van der Waals surface area contributed by atoms with Gasteiger partial charge in [0.05, 0.1) is 28.0 Å². The number of benzene rings is 3. The van der Waals surface area contributed by atoms with E-state index >= 15 is 0 Å². The maximum absolute atomic E-state index is 13.1. The number of halogens is 6. The Morgan fingerprint density at radius 2 is 1.23 bits per heavy atom. The fourth-order valence-corrected chi connectivity index (χ4v) is 3.14. The fourth-order valence-electron chi connectivity index (χ4n) is 3.14. The molecule has 0 atom stereocenters. The Kier molecular flexibility index (Phi) is 5.04. The largest absolute Gasteiger partial charge is 0.416 e. The van der Waals surface area contributed by atoms with Crippen molar-refractivity contribution in [2.75, 3.05) is 0 Å². The number of rotatable bonds is 3. The van der Waals surface area contributed by atoms with E-state index < -0.39 is 29.2 Å². The van der Waals surface area contributed by atoms with Crippen LogP contribution in [0, 0.1) is 0 Å². The van der Waals surface area contributed by atoms with Gasteiger partial charge in [-0.05, 0) is 30.3 Å². The molecule has 0 spiro atoms. The monoisotopic (exact) mass is 433 g/mol. The van der Waals surface area contributed by atoms with Crippen LogP contribution in [-0.2, 0) is 12.4 Å². The van der Waals surface area contributed by atoms with Crippen molar-refractivity contribution >= 4 is 16.6 Å². The Hall–Kier alpha value is -3.62. The minimum atomic E-state index is -4.96. The SMILES string of the molecule is FC(F)(F)c1cc(N=Nn2c(-c3ccccc3)cc3ccccc32)cc(C(F)(F)F)c1. The second kappa shape index (κ2) is 7.57. The molecule has 0 saturated heterocycles. The van der Waals surface area contributed by atoms with E-state index in [0.29, 0.717) is 23.3 Å². The second-order valence-electron chi connectivity index (χ2n) is 6.72. The summed E-state index contributed by atoms with van der Waals surface area (Å²) in [5, 5.41) is 8.51. The molecule has 0 aliphatic carbocycles. The molecule has 0 N–H and O–H groups in total. The van der Waals surface area contributed by atoms with Gasteiger partial charge in [-0.1, -0.05) is 53.8 Å². The quantitative estimate of drug-likeness (QED) is 0.232. The first-order chi connectivity index (χ1) is 14.6. The lowest BCUT2D eigenvalue weighted by molar-refractivity contribution is -0.143. The van der Waals surface area contributed by atoms with Crippen LogP contribution in [-0.4, -0.2) is 4.68 Å². The van der Waals surface area contributed by atoms with Gasteiger partial charge in [-0.3, -0.25) is 0 Å². The van der Waals surface area contributed by atoms with Gasteiger partial charge in [0.15, 0.2) is 0 Å². The molecule has 1 heterocycles. The van der Waals surface area contributed by atoms with Gasteiger partial charge in [0.1, 0.15) is 0 Å². The predicted molar refractivity (Wildman–Crippen MR) is 104 cm³/mol. The van der Waals surface area contributed by atoms with E-state index in [4.69, 9.17) is 0 Å². The molecule has 3 aromatic carbocycles. The molecule has 0 aliphatic heterocycles. The summed E-state index contributed by atoms with van der Waals surface area (Å²) < 4.78 is 80.0. The zero-order chi connectivity index (χ0) is 22.2. The van der Waals surface area contributed by atoms with Crippen molar-refractivity contribution in [1.29, 1.82) is 0 Å². The number of fused-ring (bicyclic) bond motifs is 1. The average Bonchev–Trinajstić information content (AvgIpc) is 3.10. The van der Waals surface area contributed by atoms with Gasteiger partial charge in [0, 0.05) is 10.9 Å². The predicted octanol–water partition coefficient (Wildman–Crippen LogP) is 7.89. The summed E-state index contributed by atoms with van der Waals surface area (Å²) in [6.45, 7) is 0. The zero-order valence-corrected chi connectivity index (χ0v) is 15.6. The molecular formula is C22H13F6N3.